The van der Waals surface area contributed by atoms with Crippen molar-refractivity contribution in [3.63, 3.8) is 0 Å². The molecule has 0 saturated carbocycles. The summed E-state index contributed by atoms with van der Waals surface area (Å²) in [6, 6.07) is 15.7. The van der Waals surface area contributed by atoms with Gasteiger partial charge in [0.05, 0.1) is 11.1 Å². The number of hydrogen-bond acceptors (Lipinski definition) is 6. The van der Waals surface area contributed by atoms with E-state index in [0.717, 1.165) is 42.4 Å². The number of piperidine rings is 1. The third-order valence-corrected chi connectivity index (χ3v) is 5.33. The molecule has 2 aromatic carbocycles. The summed E-state index contributed by atoms with van der Waals surface area (Å²) in [5.41, 5.74) is 2.76. The summed E-state index contributed by atoms with van der Waals surface area (Å²) in [4.78, 5) is 13.3. The first-order chi connectivity index (χ1) is 16.2. The zero-order chi connectivity index (χ0) is 22.5. The molecule has 0 bridgehead atoms. The highest BCUT2D eigenvalue weighted by molar-refractivity contribution is 5.83. The summed E-state index contributed by atoms with van der Waals surface area (Å²) in [5.74, 6) is 7.06. The molecule has 164 valence electrons. The van der Waals surface area contributed by atoms with Crippen molar-refractivity contribution in [3.8, 4) is 17.6 Å². The average Bonchev–Trinajstić information content (AvgIpc) is 2.84. The predicted molar refractivity (Wildman–Crippen MR) is 126 cm³/mol. The Kier molecular flexibility index (Phi) is 6.09. The molecule has 0 spiro atoms. The van der Waals surface area contributed by atoms with Crippen LogP contribution in [0, 0.1) is 17.7 Å². The third-order valence-electron chi connectivity index (χ3n) is 5.33. The Morgan fingerprint density at radius 1 is 1.00 bits per heavy atom. The van der Waals surface area contributed by atoms with Gasteiger partial charge in [-0.3, -0.25) is 0 Å². The molecule has 6 nitrogen and oxygen atoms in total. The van der Waals surface area contributed by atoms with Gasteiger partial charge in [0.25, 0.3) is 0 Å². The van der Waals surface area contributed by atoms with Gasteiger partial charge in [-0.15, -0.1) is 0 Å². The number of pyridine rings is 1. The molecule has 33 heavy (non-hydrogen) atoms. The first kappa shape index (κ1) is 20.9. The molecule has 3 heterocycles. The second kappa shape index (κ2) is 9.63. The molecule has 2 aromatic heterocycles. The second-order valence-corrected chi connectivity index (χ2v) is 7.77. The van der Waals surface area contributed by atoms with Gasteiger partial charge in [-0.05, 0) is 68.2 Å². The summed E-state index contributed by atoms with van der Waals surface area (Å²) in [5, 5.41) is 7.24. The van der Waals surface area contributed by atoms with Crippen molar-refractivity contribution in [1.29, 1.82) is 0 Å². The van der Waals surface area contributed by atoms with Crippen molar-refractivity contribution in [2.24, 2.45) is 0 Å². The second-order valence-electron chi connectivity index (χ2n) is 7.77. The molecule has 1 fully saturated rings. The minimum atomic E-state index is -0.324. The molecule has 0 atom stereocenters. The first-order valence-electron chi connectivity index (χ1n) is 10.9. The molecule has 2 N–H and O–H groups in total. The number of anilines is 2. The van der Waals surface area contributed by atoms with Gasteiger partial charge in [-0.1, -0.05) is 18.1 Å². The minimum absolute atomic E-state index is 0.117. The van der Waals surface area contributed by atoms with Crippen molar-refractivity contribution < 1.29 is 9.13 Å². The highest BCUT2D eigenvalue weighted by Crippen LogP contribution is 2.28. The van der Waals surface area contributed by atoms with Crippen LogP contribution in [0.25, 0.3) is 10.9 Å². The average molecular weight is 439 g/mol. The smallest absolute Gasteiger partial charge is 0.227 e. The van der Waals surface area contributed by atoms with E-state index in [1.54, 1.807) is 24.5 Å². The fourth-order valence-corrected chi connectivity index (χ4v) is 3.67. The van der Waals surface area contributed by atoms with Gasteiger partial charge in [-0.25, -0.2) is 19.3 Å². The number of hydrogen-bond donors (Lipinski definition) is 2. The van der Waals surface area contributed by atoms with Crippen LogP contribution in [0.4, 0.5) is 16.0 Å². The normalized spacial score (nSPS) is 13.8. The number of nitrogens with zero attached hydrogens (tertiary/aromatic N) is 3. The Morgan fingerprint density at radius 3 is 2.73 bits per heavy atom. The van der Waals surface area contributed by atoms with Gasteiger partial charge in [0, 0.05) is 29.5 Å². The SMILES string of the molecule is Fc1cccc(Nc2ncc3cc(C#Cc4ccccn4)c(OC4CCNCC4)cc3n2)c1. The van der Waals surface area contributed by atoms with Crippen LogP contribution in [-0.2, 0) is 0 Å². The lowest BCUT2D eigenvalue weighted by molar-refractivity contribution is 0.162. The maximum Gasteiger partial charge on any atom is 0.227 e. The number of ether oxygens (including phenoxy) is 1. The Balaban J connectivity index is 1.50. The maximum absolute atomic E-state index is 13.5. The van der Waals surface area contributed by atoms with Crippen LogP contribution in [0.1, 0.15) is 24.1 Å². The molecule has 1 aliphatic heterocycles. The molecule has 0 radical (unpaired) electrons. The zero-order valence-corrected chi connectivity index (χ0v) is 17.9. The Labute approximate surface area is 191 Å². The van der Waals surface area contributed by atoms with E-state index in [1.165, 1.54) is 12.1 Å². The van der Waals surface area contributed by atoms with Crippen LogP contribution in [0.15, 0.2) is 67.0 Å². The Morgan fingerprint density at radius 2 is 1.91 bits per heavy atom. The lowest BCUT2D eigenvalue weighted by Gasteiger charge is -2.24. The molecule has 1 aliphatic rings. The van der Waals surface area contributed by atoms with Gasteiger partial charge >= 0.3 is 0 Å². The monoisotopic (exact) mass is 439 g/mol. The number of fused-ring (bicyclic) bond motifs is 1. The number of aromatic nitrogens is 3. The number of nitrogens with one attached hydrogen (secondary N) is 2. The first-order valence-corrected chi connectivity index (χ1v) is 10.9. The molecular weight excluding hydrogens is 417 g/mol. The van der Waals surface area contributed by atoms with E-state index in [4.69, 9.17) is 4.74 Å². The van der Waals surface area contributed by atoms with E-state index >= 15 is 0 Å². The van der Waals surface area contributed by atoms with E-state index in [9.17, 15) is 4.39 Å². The molecule has 1 saturated heterocycles. The molecule has 0 amide bonds. The van der Waals surface area contributed by atoms with Crippen LogP contribution >= 0.6 is 0 Å². The van der Waals surface area contributed by atoms with Crippen LogP contribution in [-0.4, -0.2) is 34.1 Å². The standard InChI is InChI=1S/C26H22FN5O/c27-20-4-3-6-22(15-20)31-26-30-17-19-14-18(7-8-21-5-1-2-11-29-21)25(16-24(19)32-26)33-23-9-12-28-13-10-23/h1-6,11,14-17,23,28H,9-10,12-13H2,(H,30,31,32). The lowest BCUT2D eigenvalue weighted by atomic mass is 10.1. The van der Waals surface area contributed by atoms with E-state index in [0.29, 0.717) is 23.1 Å². The largest absolute Gasteiger partial charge is 0.489 e. The van der Waals surface area contributed by atoms with Crippen molar-refractivity contribution in [3.05, 3.63) is 84.1 Å². The van der Waals surface area contributed by atoms with E-state index in [1.807, 2.05) is 30.3 Å². The van der Waals surface area contributed by atoms with Gasteiger partial charge in [0.15, 0.2) is 0 Å². The Bertz CT molecular complexity index is 1330. The molecule has 5 rings (SSSR count). The van der Waals surface area contributed by atoms with Crippen LogP contribution < -0.4 is 15.4 Å². The quantitative estimate of drug-likeness (QED) is 0.458. The molecule has 0 unspecified atom stereocenters. The summed E-state index contributed by atoms with van der Waals surface area (Å²) in [6.07, 6.45) is 5.43. The molecule has 7 heteroatoms. The fourth-order valence-electron chi connectivity index (χ4n) is 3.67. The van der Waals surface area contributed by atoms with Crippen LogP contribution in [0.5, 0.6) is 5.75 Å². The van der Waals surface area contributed by atoms with Crippen molar-refractivity contribution in [1.82, 2.24) is 20.3 Å². The van der Waals surface area contributed by atoms with Crippen LogP contribution in [0.2, 0.25) is 0 Å². The number of rotatable bonds is 4. The third kappa shape index (κ3) is 5.25. The van der Waals surface area contributed by atoms with Crippen molar-refractivity contribution >= 4 is 22.5 Å². The van der Waals surface area contributed by atoms with E-state index < -0.39 is 0 Å². The summed E-state index contributed by atoms with van der Waals surface area (Å²) >= 11 is 0. The topological polar surface area (TPSA) is 72.0 Å². The van der Waals surface area contributed by atoms with Crippen molar-refractivity contribution in [2.45, 2.75) is 18.9 Å². The summed E-state index contributed by atoms with van der Waals surface area (Å²) < 4.78 is 19.9. The van der Waals surface area contributed by atoms with Gasteiger partial charge in [-0.2, -0.15) is 0 Å². The highest BCUT2D eigenvalue weighted by Gasteiger charge is 2.17. The van der Waals surface area contributed by atoms with Gasteiger partial charge in [0.1, 0.15) is 23.4 Å². The van der Waals surface area contributed by atoms with Gasteiger partial charge < -0.3 is 15.4 Å². The Hall–Kier alpha value is -4.02. The van der Waals surface area contributed by atoms with Crippen LogP contribution in [0.3, 0.4) is 0 Å². The predicted octanol–water partition coefficient (Wildman–Crippen LogP) is 4.44. The highest BCUT2D eigenvalue weighted by atomic mass is 19.1. The van der Waals surface area contributed by atoms with Crippen molar-refractivity contribution in [2.75, 3.05) is 18.4 Å². The van der Waals surface area contributed by atoms with Gasteiger partial charge in [0.2, 0.25) is 5.95 Å². The maximum atomic E-state index is 13.5. The fraction of sp³-hybridized carbons (Fsp3) is 0.192. The summed E-state index contributed by atoms with van der Waals surface area (Å²) in [7, 11) is 0. The molecule has 0 aliphatic carbocycles. The minimum Gasteiger partial charge on any atom is -0.489 e. The molecule has 4 aromatic rings. The van der Waals surface area contributed by atoms with E-state index in [2.05, 4.69) is 37.4 Å². The van der Waals surface area contributed by atoms with E-state index in [-0.39, 0.29) is 11.9 Å². The molecular formula is C26H22FN5O. The zero-order valence-electron chi connectivity index (χ0n) is 17.9. The number of benzene rings is 2. The summed E-state index contributed by atoms with van der Waals surface area (Å²) in [6.45, 7) is 1.86. The number of halogens is 1. The lowest BCUT2D eigenvalue weighted by Crippen LogP contribution is -2.34.